The highest BCUT2D eigenvalue weighted by atomic mass is 35.5. The van der Waals surface area contributed by atoms with Crippen molar-refractivity contribution in [2.24, 2.45) is 0 Å². The summed E-state index contributed by atoms with van der Waals surface area (Å²) in [6.07, 6.45) is -0.401. The topological polar surface area (TPSA) is 126 Å². The molecular formula is C33H18ClF3N4O4S. The van der Waals surface area contributed by atoms with E-state index in [2.05, 4.69) is 9.97 Å². The largest absolute Gasteiger partial charge is 0.478 e. The molecule has 2 aromatic heterocycles. The molecule has 0 unspecified atom stereocenters. The summed E-state index contributed by atoms with van der Waals surface area (Å²) in [6.45, 7) is 0. The van der Waals surface area contributed by atoms with Gasteiger partial charge in [0.2, 0.25) is 0 Å². The van der Waals surface area contributed by atoms with E-state index in [-0.39, 0.29) is 44.1 Å². The van der Waals surface area contributed by atoms with Gasteiger partial charge < -0.3 is 5.11 Å². The number of alkyl halides is 2. The zero-order chi connectivity index (χ0) is 32.7. The summed E-state index contributed by atoms with van der Waals surface area (Å²) in [5.41, 5.74) is -1.25. The van der Waals surface area contributed by atoms with Gasteiger partial charge in [0.1, 0.15) is 17.6 Å². The molecule has 8 nitrogen and oxygen atoms in total. The second kappa shape index (κ2) is 11.8. The third kappa shape index (κ3) is 5.05. The monoisotopic (exact) mass is 658 g/mol. The number of benzene rings is 4. The van der Waals surface area contributed by atoms with Crippen LogP contribution in [0.25, 0.3) is 44.5 Å². The van der Waals surface area contributed by atoms with E-state index in [1.165, 1.54) is 30.6 Å². The van der Waals surface area contributed by atoms with Gasteiger partial charge in [0.05, 0.1) is 26.7 Å². The standard InChI is InChI=1S/C33H18ClF3N4O4S/c34-29-22(18-4-2-1-3-5-18)11-12-23(33(42)43)27(29)31-28(30-25(17-38)39-14-15-40-30)24-16-20(35)8-13-26(24)41(31)46(44,45)21-9-6-19(7-10-21)32(36)37/h1-16,32H,(H,42,43). The van der Waals surface area contributed by atoms with Gasteiger partial charge in [-0.05, 0) is 42.0 Å². The highest BCUT2D eigenvalue weighted by Crippen LogP contribution is 2.48. The van der Waals surface area contributed by atoms with E-state index in [0.29, 0.717) is 11.1 Å². The van der Waals surface area contributed by atoms with Crippen LogP contribution in [0.5, 0.6) is 0 Å². The van der Waals surface area contributed by atoms with Crippen molar-refractivity contribution >= 4 is 38.5 Å². The fourth-order valence-corrected chi connectivity index (χ4v) is 7.17. The minimum absolute atomic E-state index is 0.0581. The van der Waals surface area contributed by atoms with Crippen LogP contribution in [0, 0.1) is 17.1 Å². The van der Waals surface area contributed by atoms with Gasteiger partial charge in [-0.3, -0.25) is 4.98 Å². The smallest absolute Gasteiger partial charge is 0.336 e. The SMILES string of the molecule is N#Cc1nccnc1-c1c(-c2c(C(=O)O)ccc(-c3ccccc3)c2Cl)n(S(=O)(=O)c2ccc(C(F)F)cc2)c2ccc(F)cc12. The third-order valence-corrected chi connectivity index (χ3v) is 9.41. The maximum atomic E-state index is 14.9. The van der Waals surface area contributed by atoms with Gasteiger partial charge in [-0.2, -0.15) is 5.26 Å². The van der Waals surface area contributed by atoms with E-state index < -0.39 is 44.3 Å². The molecule has 13 heteroatoms. The number of fused-ring (bicyclic) bond motifs is 1. The maximum Gasteiger partial charge on any atom is 0.336 e. The number of halogens is 4. The Morgan fingerprint density at radius 1 is 0.935 bits per heavy atom. The summed E-state index contributed by atoms with van der Waals surface area (Å²) in [5.74, 6) is -2.25. The average Bonchev–Trinajstić information content (AvgIpc) is 3.39. The second-order valence-corrected chi connectivity index (χ2v) is 12.1. The molecule has 228 valence electrons. The van der Waals surface area contributed by atoms with Crippen molar-refractivity contribution in [2.45, 2.75) is 11.3 Å². The zero-order valence-electron chi connectivity index (χ0n) is 23.2. The molecule has 4 aromatic carbocycles. The first-order chi connectivity index (χ1) is 22.0. The van der Waals surface area contributed by atoms with Crippen molar-refractivity contribution in [3.8, 4) is 39.7 Å². The van der Waals surface area contributed by atoms with Crippen molar-refractivity contribution < 1.29 is 31.5 Å². The molecule has 0 bridgehead atoms. The number of nitriles is 1. The fraction of sp³-hybridized carbons (Fsp3) is 0.0303. The molecule has 0 saturated carbocycles. The maximum absolute atomic E-state index is 14.9. The molecule has 2 heterocycles. The van der Waals surface area contributed by atoms with E-state index in [1.54, 1.807) is 30.3 Å². The Bertz CT molecular complexity index is 2320. The number of aromatic carboxylic acids is 1. The number of nitrogens with zero attached hydrogens (tertiary/aromatic N) is 4. The molecule has 0 aliphatic carbocycles. The molecule has 0 aliphatic heterocycles. The Morgan fingerprint density at radius 3 is 2.28 bits per heavy atom. The van der Waals surface area contributed by atoms with E-state index in [0.717, 1.165) is 40.4 Å². The second-order valence-electron chi connectivity index (χ2n) is 9.91. The molecule has 0 aliphatic rings. The Labute approximate surface area is 264 Å². The van der Waals surface area contributed by atoms with Crippen LogP contribution < -0.4 is 0 Å². The molecule has 46 heavy (non-hydrogen) atoms. The Hall–Kier alpha value is -5.51. The van der Waals surface area contributed by atoms with E-state index >= 15 is 0 Å². The van der Waals surface area contributed by atoms with Gasteiger partial charge >= 0.3 is 5.97 Å². The first-order valence-corrected chi connectivity index (χ1v) is 15.2. The average molecular weight is 659 g/mol. The van der Waals surface area contributed by atoms with Gasteiger partial charge in [-0.25, -0.2) is 35.3 Å². The molecule has 0 fully saturated rings. The van der Waals surface area contributed by atoms with Crippen molar-refractivity contribution in [2.75, 3.05) is 0 Å². The molecule has 0 radical (unpaired) electrons. The van der Waals surface area contributed by atoms with Crippen molar-refractivity contribution in [1.82, 2.24) is 13.9 Å². The molecule has 0 saturated heterocycles. The molecule has 6 aromatic rings. The van der Waals surface area contributed by atoms with Crippen LogP contribution in [0.4, 0.5) is 13.2 Å². The number of carboxylic acids is 1. The molecule has 1 N–H and O–H groups in total. The van der Waals surface area contributed by atoms with Crippen LogP contribution in [0.1, 0.15) is 28.0 Å². The lowest BCUT2D eigenvalue weighted by Crippen LogP contribution is -2.16. The highest BCUT2D eigenvalue weighted by Gasteiger charge is 2.34. The van der Waals surface area contributed by atoms with Crippen LogP contribution >= 0.6 is 11.6 Å². The number of aromatic nitrogens is 3. The van der Waals surface area contributed by atoms with Gasteiger partial charge in [0.15, 0.2) is 5.69 Å². The van der Waals surface area contributed by atoms with Crippen molar-refractivity contribution in [3.05, 3.63) is 125 Å². The fourth-order valence-electron chi connectivity index (χ4n) is 5.27. The van der Waals surface area contributed by atoms with Gasteiger partial charge in [0, 0.05) is 40.0 Å². The molecular weight excluding hydrogens is 641 g/mol. The lowest BCUT2D eigenvalue weighted by Gasteiger charge is -2.18. The Kier molecular flexibility index (Phi) is 7.81. The third-order valence-electron chi connectivity index (χ3n) is 7.29. The highest BCUT2D eigenvalue weighted by molar-refractivity contribution is 7.90. The van der Waals surface area contributed by atoms with Crippen molar-refractivity contribution in [1.29, 1.82) is 5.26 Å². The summed E-state index contributed by atoms with van der Waals surface area (Å²) in [4.78, 5) is 20.6. The predicted molar refractivity (Wildman–Crippen MR) is 164 cm³/mol. The van der Waals surface area contributed by atoms with Gasteiger partial charge in [0.25, 0.3) is 16.4 Å². The molecule has 0 spiro atoms. The van der Waals surface area contributed by atoms with Crippen LogP contribution in [0.15, 0.2) is 102 Å². The minimum atomic E-state index is -4.78. The van der Waals surface area contributed by atoms with E-state index in [9.17, 15) is 36.8 Å². The summed E-state index contributed by atoms with van der Waals surface area (Å²) < 4.78 is 71.5. The molecule has 6 rings (SSSR count). The summed E-state index contributed by atoms with van der Waals surface area (Å²) in [7, 11) is -4.78. The summed E-state index contributed by atoms with van der Waals surface area (Å²) in [6, 6.07) is 20.3. The summed E-state index contributed by atoms with van der Waals surface area (Å²) >= 11 is 7.01. The van der Waals surface area contributed by atoms with Gasteiger partial charge in [-0.15, -0.1) is 0 Å². The number of hydrogen-bond donors (Lipinski definition) is 1. The Morgan fingerprint density at radius 2 is 1.63 bits per heavy atom. The van der Waals surface area contributed by atoms with Crippen LogP contribution in [0.3, 0.4) is 0 Å². The lowest BCUT2D eigenvalue weighted by atomic mass is 9.93. The first kappa shape index (κ1) is 30.5. The van der Waals surface area contributed by atoms with E-state index in [4.69, 9.17) is 11.6 Å². The number of carbonyl (C=O) groups is 1. The van der Waals surface area contributed by atoms with Gasteiger partial charge in [-0.1, -0.05) is 60.1 Å². The minimum Gasteiger partial charge on any atom is -0.478 e. The number of carboxylic acid groups (broad SMARTS) is 1. The first-order valence-electron chi connectivity index (χ1n) is 13.3. The summed E-state index contributed by atoms with van der Waals surface area (Å²) in [5, 5.41) is 20.1. The van der Waals surface area contributed by atoms with Crippen LogP contribution in [-0.2, 0) is 10.0 Å². The zero-order valence-corrected chi connectivity index (χ0v) is 24.8. The van der Waals surface area contributed by atoms with E-state index in [1.807, 2.05) is 6.07 Å². The normalized spacial score (nSPS) is 11.6. The number of rotatable bonds is 7. The Balaban J connectivity index is 1.85. The predicted octanol–water partition coefficient (Wildman–Crippen LogP) is 7.97. The number of hydrogen-bond acceptors (Lipinski definition) is 6. The van der Waals surface area contributed by atoms with Crippen molar-refractivity contribution in [3.63, 3.8) is 0 Å². The quantitative estimate of drug-likeness (QED) is 0.184. The molecule has 0 amide bonds. The molecule has 0 atom stereocenters. The van der Waals surface area contributed by atoms with Crippen LogP contribution in [-0.4, -0.2) is 33.4 Å². The lowest BCUT2D eigenvalue weighted by molar-refractivity contribution is 0.0697. The van der Waals surface area contributed by atoms with Crippen LogP contribution in [0.2, 0.25) is 5.02 Å².